The fourth-order valence-corrected chi connectivity index (χ4v) is 2.78. The molecule has 1 unspecified atom stereocenters. The summed E-state index contributed by atoms with van der Waals surface area (Å²) < 4.78 is 5.52. The molecule has 0 radical (unpaired) electrons. The fourth-order valence-electron chi connectivity index (χ4n) is 2.78. The smallest absolute Gasteiger partial charge is 0.307 e. The molecule has 0 aromatic heterocycles. The molecule has 118 valence electrons. The Balaban J connectivity index is 1.91. The van der Waals surface area contributed by atoms with Gasteiger partial charge in [-0.15, -0.1) is 0 Å². The number of amides is 1. The van der Waals surface area contributed by atoms with Crippen LogP contribution in [0.2, 0.25) is 0 Å². The predicted molar refractivity (Wildman–Crippen MR) is 86.6 cm³/mol. The average Bonchev–Trinajstić information content (AvgIpc) is 2.59. The van der Waals surface area contributed by atoms with Crippen molar-refractivity contribution in [2.45, 2.75) is 32.5 Å². The number of fused-ring (bicyclic) bond motifs is 1. The summed E-state index contributed by atoms with van der Waals surface area (Å²) in [6, 6.07) is 17.2. The first kappa shape index (κ1) is 15.3. The van der Waals surface area contributed by atoms with Gasteiger partial charge in [-0.3, -0.25) is 14.5 Å². The summed E-state index contributed by atoms with van der Waals surface area (Å²) in [5.41, 5.74) is 2.63. The van der Waals surface area contributed by atoms with Crippen LogP contribution in [-0.2, 0) is 22.5 Å². The largest absolute Gasteiger partial charge is 0.441 e. The molecule has 0 N–H and O–H groups in total. The number of carbonyl (C=O) groups is 2. The number of nitrogens with zero attached hydrogens (tertiary/aromatic N) is 1. The highest BCUT2D eigenvalue weighted by molar-refractivity contribution is 5.97. The van der Waals surface area contributed by atoms with Gasteiger partial charge in [0.05, 0.1) is 0 Å². The fraction of sp³-hybridized carbons (Fsp3) is 0.263. The van der Waals surface area contributed by atoms with Crippen molar-refractivity contribution in [3.05, 3.63) is 71.3 Å². The molecule has 2 aromatic rings. The molecule has 0 spiro atoms. The van der Waals surface area contributed by atoms with Crippen LogP contribution in [0.15, 0.2) is 54.6 Å². The van der Waals surface area contributed by atoms with Gasteiger partial charge in [-0.25, -0.2) is 0 Å². The number of ether oxygens (including phenoxy) is 1. The van der Waals surface area contributed by atoms with E-state index in [9.17, 15) is 9.59 Å². The molecule has 1 amide bonds. The van der Waals surface area contributed by atoms with Crippen LogP contribution in [0.5, 0.6) is 0 Å². The Labute approximate surface area is 135 Å². The summed E-state index contributed by atoms with van der Waals surface area (Å²) in [5.74, 6) is -0.384. The lowest BCUT2D eigenvalue weighted by atomic mass is 9.97. The standard InChI is InChI=1S/C19H19NO3/c1-2-18(21)23-17-12-15-10-6-7-11-16(15)19(22)20(17)13-14-8-4-3-5-9-14/h3-11,17H,2,12-13H2,1H3. The van der Waals surface area contributed by atoms with Gasteiger partial charge in [0.25, 0.3) is 5.91 Å². The average molecular weight is 309 g/mol. The lowest BCUT2D eigenvalue weighted by Gasteiger charge is -2.36. The monoisotopic (exact) mass is 309 g/mol. The maximum Gasteiger partial charge on any atom is 0.307 e. The van der Waals surface area contributed by atoms with Crippen LogP contribution in [0.4, 0.5) is 0 Å². The second kappa shape index (κ2) is 6.65. The third kappa shape index (κ3) is 3.26. The molecule has 0 bridgehead atoms. The SMILES string of the molecule is CCC(=O)OC1Cc2ccccc2C(=O)N1Cc1ccccc1. The molecular weight excluding hydrogens is 290 g/mol. The number of hydrogen-bond donors (Lipinski definition) is 0. The van der Waals surface area contributed by atoms with E-state index in [1.807, 2.05) is 54.6 Å². The Morgan fingerprint density at radius 3 is 2.57 bits per heavy atom. The van der Waals surface area contributed by atoms with Crippen LogP contribution < -0.4 is 0 Å². The zero-order valence-electron chi connectivity index (χ0n) is 13.1. The first-order chi connectivity index (χ1) is 11.2. The highest BCUT2D eigenvalue weighted by Crippen LogP contribution is 2.26. The molecule has 23 heavy (non-hydrogen) atoms. The van der Waals surface area contributed by atoms with Crippen molar-refractivity contribution in [2.24, 2.45) is 0 Å². The molecular formula is C19H19NO3. The van der Waals surface area contributed by atoms with E-state index in [-0.39, 0.29) is 11.9 Å². The normalized spacial score (nSPS) is 16.8. The van der Waals surface area contributed by atoms with Crippen LogP contribution in [0, 0.1) is 0 Å². The van der Waals surface area contributed by atoms with Crippen LogP contribution in [0.3, 0.4) is 0 Å². The molecule has 1 aliphatic heterocycles. The zero-order chi connectivity index (χ0) is 16.2. The van der Waals surface area contributed by atoms with E-state index in [0.29, 0.717) is 24.9 Å². The first-order valence-corrected chi connectivity index (χ1v) is 7.81. The van der Waals surface area contributed by atoms with E-state index in [0.717, 1.165) is 11.1 Å². The summed E-state index contributed by atoms with van der Waals surface area (Å²) >= 11 is 0. The van der Waals surface area contributed by atoms with E-state index < -0.39 is 6.23 Å². The molecule has 2 aromatic carbocycles. The first-order valence-electron chi connectivity index (χ1n) is 7.81. The Kier molecular flexibility index (Phi) is 4.42. The summed E-state index contributed by atoms with van der Waals surface area (Å²) in [4.78, 5) is 26.2. The van der Waals surface area contributed by atoms with E-state index in [1.165, 1.54) is 0 Å². The Bertz CT molecular complexity index is 712. The van der Waals surface area contributed by atoms with E-state index in [1.54, 1.807) is 11.8 Å². The van der Waals surface area contributed by atoms with Crippen molar-refractivity contribution in [3.8, 4) is 0 Å². The molecule has 4 nitrogen and oxygen atoms in total. The van der Waals surface area contributed by atoms with Gasteiger partial charge in [-0.2, -0.15) is 0 Å². The molecule has 1 atom stereocenters. The lowest BCUT2D eigenvalue weighted by molar-refractivity contribution is -0.157. The highest BCUT2D eigenvalue weighted by Gasteiger charge is 2.34. The molecule has 0 aliphatic carbocycles. The minimum atomic E-state index is -0.551. The maximum atomic E-state index is 12.8. The highest BCUT2D eigenvalue weighted by atomic mass is 16.6. The maximum absolute atomic E-state index is 12.8. The van der Waals surface area contributed by atoms with Gasteiger partial charge in [0, 0.05) is 24.9 Å². The van der Waals surface area contributed by atoms with Gasteiger partial charge in [0.1, 0.15) is 0 Å². The Hall–Kier alpha value is -2.62. The van der Waals surface area contributed by atoms with Crippen molar-refractivity contribution in [1.29, 1.82) is 0 Å². The number of benzene rings is 2. The van der Waals surface area contributed by atoms with E-state index >= 15 is 0 Å². The number of hydrogen-bond acceptors (Lipinski definition) is 3. The molecule has 4 heteroatoms. The van der Waals surface area contributed by atoms with Gasteiger partial charge in [-0.1, -0.05) is 55.5 Å². The van der Waals surface area contributed by atoms with Crippen LogP contribution in [0.1, 0.15) is 34.8 Å². The Morgan fingerprint density at radius 1 is 1.13 bits per heavy atom. The van der Waals surface area contributed by atoms with Gasteiger partial charge in [0.2, 0.25) is 0 Å². The summed E-state index contributed by atoms with van der Waals surface area (Å²) in [6.45, 7) is 2.18. The third-order valence-corrected chi connectivity index (χ3v) is 4.00. The molecule has 0 saturated heterocycles. The van der Waals surface area contributed by atoms with Crippen molar-refractivity contribution in [3.63, 3.8) is 0 Å². The van der Waals surface area contributed by atoms with Gasteiger partial charge >= 0.3 is 5.97 Å². The van der Waals surface area contributed by atoms with Crippen molar-refractivity contribution in [2.75, 3.05) is 0 Å². The quantitative estimate of drug-likeness (QED) is 0.815. The number of esters is 1. The molecule has 0 saturated carbocycles. The van der Waals surface area contributed by atoms with Crippen LogP contribution >= 0.6 is 0 Å². The van der Waals surface area contributed by atoms with Crippen molar-refractivity contribution >= 4 is 11.9 Å². The Morgan fingerprint density at radius 2 is 1.83 bits per heavy atom. The lowest BCUT2D eigenvalue weighted by Crippen LogP contribution is -2.47. The number of rotatable bonds is 4. The molecule has 0 fully saturated rings. The summed E-state index contributed by atoms with van der Waals surface area (Å²) in [5, 5.41) is 0. The minimum Gasteiger partial charge on any atom is -0.441 e. The zero-order valence-corrected chi connectivity index (χ0v) is 13.1. The minimum absolute atomic E-state index is 0.0930. The van der Waals surface area contributed by atoms with Crippen molar-refractivity contribution < 1.29 is 14.3 Å². The van der Waals surface area contributed by atoms with Crippen LogP contribution in [-0.4, -0.2) is 23.0 Å². The second-order valence-electron chi connectivity index (χ2n) is 5.58. The van der Waals surface area contributed by atoms with Gasteiger partial charge < -0.3 is 4.74 Å². The van der Waals surface area contributed by atoms with Gasteiger partial charge in [0.15, 0.2) is 6.23 Å². The molecule has 1 aliphatic rings. The summed E-state index contributed by atoms with van der Waals surface area (Å²) in [6.07, 6.45) is 0.275. The van der Waals surface area contributed by atoms with Gasteiger partial charge in [-0.05, 0) is 17.2 Å². The third-order valence-electron chi connectivity index (χ3n) is 4.00. The van der Waals surface area contributed by atoms with Crippen molar-refractivity contribution in [1.82, 2.24) is 4.90 Å². The van der Waals surface area contributed by atoms with E-state index in [2.05, 4.69) is 0 Å². The molecule has 3 rings (SSSR count). The topological polar surface area (TPSA) is 46.6 Å². The molecule has 1 heterocycles. The van der Waals surface area contributed by atoms with Crippen LogP contribution in [0.25, 0.3) is 0 Å². The van der Waals surface area contributed by atoms with E-state index in [4.69, 9.17) is 4.74 Å². The predicted octanol–water partition coefficient (Wildman–Crippen LogP) is 3.16. The second-order valence-corrected chi connectivity index (χ2v) is 5.58. The number of carbonyl (C=O) groups excluding carboxylic acids is 2. The summed E-state index contributed by atoms with van der Waals surface area (Å²) in [7, 11) is 0.